The molecule has 1 aromatic heterocycles. The van der Waals surface area contributed by atoms with Crippen LogP contribution in [0, 0.1) is 12.7 Å². The molecule has 0 aliphatic carbocycles. The number of methoxy groups -OCH3 is 1. The van der Waals surface area contributed by atoms with Crippen molar-refractivity contribution in [3.63, 3.8) is 0 Å². The molecule has 3 aromatic rings. The average molecular weight is 271 g/mol. The van der Waals surface area contributed by atoms with Crippen molar-refractivity contribution in [1.29, 1.82) is 0 Å². The fourth-order valence-electron chi connectivity index (χ4n) is 2.29. The summed E-state index contributed by atoms with van der Waals surface area (Å²) in [7, 11) is 1.50. The van der Waals surface area contributed by atoms with E-state index in [4.69, 9.17) is 10.5 Å². The van der Waals surface area contributed by atoms with Crippen molar-refractivity contribution in [3.05, 3.63) is 47.8 Å². The van der Waals surface area contributed by atoms with Crippen molar-refractivity contribution in [1.82, 2.24) is 9.55 Å². The molecule has 2 N–H and O–H groups in total. The number of aromatic nitrogens is 2. The minimum atomic E-state index is -0.357. The van der Waals surface area contributed by atoms with Gasteiger partial charge < -0.3 is 10.5 Å². The maximum Gasteiger partial charge on any atom is 0.206 e. The molecule has 1 heterocycles. The van der Waals surface area contributed by atoms with Gasteiger partial charge in [-0.05, 0) is 36.8 Å². The Kier molecular flexibility index (Phi) is 2.82. The fourth-order valence-corrected chi connectivity index (χ4v) is 2.29. The predicted molar refractivity (Wildman–Crippen MR) is 76.7 cm³/mol. The first-order chi connectivity index (χ1) is 9.60. The topological polar surface area (TPSA) is 53.1 Å². The molecule has 0 fully saturated rings. The van der Waals surface area contributed by atoms with E-state index in [1.54, 1.807) is 10.6 Å². The molecule has 5 heteroatoms. The normalized spacial score (nSPS) is 10.9. The molecular formula is C15H14FN3O. The summed E-state index contributed by atoms with van der Waals surface area (Å²) in [5.41, 5.74) is 9.42. The van der Waals surface area contributed by atoms with Gasteiger partial charge in [-0.15, -0.1) is 0 Å². The third-order valence-electron chi connectivity index (χ3n) is 3.22. The molecule has 0 saturated heterocycles. The predicted octanol–water partition coefficient (Wildman–Crippen LogP) is 3.06. The van der Waals surface area contributed by atoms with Crippen molar-refractivity contribution >= 4 is 17.0 Å². The lowest BCUT2D eigenvalue weighted by molar-refractivity contribution is 0.410. The van der Waals surface area contributed by atoms with Crippen LogP contribution in [-0.4, -0.2) is 16.7 Å². The Bertz CT molecular complexity index is 795. The van der Waals surface area contributed by atoms with E-state index in [1.165, 1.54) is 19.2 Å². The number of imidazole rings is 1. The highest BCUT2D eigenvalue weighted by molar-refractivity contribution is 5.82. The Morgan fingerprint density at radius 1 is 1.20 bits per heavy atom. The minimum absolute atomic E-state index is 0.343. The molecule has 0 aliphatic rings. The van der Waals surface area contributed by atoms with E-state index >= 15 is 0 Å². The molecule has 20 heavy (non-hydrogen) atoms. The maximum absolute atomic E-state index is 13.3. The summed E-state index contributed by atoms with van der Waals surface area (Å²) < 4.78 is 20.3. The summed E-state index contributed by atoms with van der Waals surface area (Å²) in [6.45, 7) is 1.99. The second-order valence-electron chi connectivity index (χ2n) is 4.61. The van der Waals surface area contributed by atoms with Gasteiger partial charge in [-0.1, -0.05) is 6.07 Å². The van der Waals surface area contributed by atoms with E-state index in [9.17, 15) is 4.39 Å². The van der Waals surface area contributed by atoms with Gasteiger partial charge in [0.1, 0.15) is 11.6 Å². The van der Waals surface area contributed by atoms with Crippen molar-refractivity contribution in [2.24, 2.45) is 0 Å². The lowest BCUT2D eigenvalue weighted by Gasteiger charge is -2.11. The second-order valence-corrected chi connectivity index (χ2v) is 4.61. The zero-order chi connectivity index (χ0) is 14.3. The zero-order valence-corrected chi connectivity index (χ0v) is 11.2. The number of nitrogens with zero attached hydrogens (tertiary/aromatic N) is 2. The molecule has 2 aromatic carbocycles. The van der Waals surface area contributed by atoms with Gasteiger partial charge in [0.25, 0.3) is 0 Å². The SMILES string of the molecule is COc1cc(F)ccc1-n1c(N)nc2ccc(C)cc21. The Morgan fingerprint density at radius 2 is 2.00 bits per heavy atom. The number of ether oxygens (including phenoxy) is 1. The van der Waals surface area contributed by atoms with Crippen LogP contribution in [0.3, 0.4) is 0 Å². The number of nitrogen functional groups attached to an aromatic ring is 1. The number of rotatable bonds is 2. The van der Waals surface area contributed by atoms with E-state index in [1.807, 2.05) is 25.1 Å². The second kappa shape index (κ2) is 4.52. The highest BCUT2D eigenvalue weighted by atomic mass is 19.1. The van der Waals surface area contributed by atoms with Gasteiger partial charge in [-0.25, -0.2) is 9.37 Å². The monoisotopic (exact) mass is 271 g/mol. The van der Waals surface area contributed by atoms with E-state index in [0.29, 0.717) is 17.4 Å². The number of aryl methyl sites for hydroxylation is 1. The minimum Gasteiger partial charge on any atom is -0.494 e. The first kappa shape index (κ1) is 12.5. The van der Waals surface area contributed by atoms with Crippen LogP contribution in [-0.2, 0) is 0 Å². The van der Waals surface area contributed by atoms with E-state index in [0.717, 1.165) is 16.6 Å². The van der Waals surface area contributed by atoms with Gasteiger partial charge in [0.15, 0.2) is 0 Å². The molecule has 0 amide bonds. The van der Waals surface area contributed by atoms with E-state index < -0.39 is 0 Å². The molecule has 0 bridgehead atoms. The summed E-state index contributed by atoms with van der Waals surface area (Å²) in [4.78, 5) is 4.32. The third kappa shape index (κ3) is 1.87. The maximum atomic E-state index is 13.3. The molecule has 4 nitrogen and oxygen atoms in total. The largest absolute Gasteiger partial charge is 0.494 e. The van der Waals surface area contributed by atoms with Crippen molar-refractivity contribution in [2.75, 3.05) is 12.8 Å². The Balaban J connectivity index is 2.34. The summed E-state index contributed by atoms with van der Waals surface area (Å²) in [5, 5.41) is 0. The molecular weight excluding hydrogens is 257 g/mol. The van der Waals surface area contributed by atoms with Crippen LogP contribution >= 0.6 is 0 Å². The lowest BCUT2D eigenvalue weighted by atomic mass is 10.2. The van der Waals surface area contributed by atoms with Crippen molar-refractivity contribution in [2.45, 2.75) is 6.92 Å². The number of benzene rings is 2. The fraction of sp³-hybridized carbons (Fsp3) is 0.133. The van der Waals surface area contributed by atoms with Crippen LogP contribution in [0.2, 0.25) is 0 Å². The first-order valence-electron chi connectivity index (χ1n) is 6.18. The number of hydrogen-bond acceptors (Lipinski definition) is 3. The van der Waals surface area contributed by atoms with Crippen LogP contribution < -0.4 is 10.5 Å². The summed E-state index contributed by atoms with van der Waals surface area (Å²) in [5.74, 6) is 0.401. The quantitative estimate of drug-likeness (QED) is 0.779. The van der Waals surface area contributed by atoms with Gasteiger partial charge in [-0.3, -0.25) is 4.57 Å². The van der Waals surface area contributed by atoms with Gasteiger partial charge in [0.05, 0.1) is 23.8 Å². The van der Waals surface area contributed by atoms with Crippen molar-refractivity contribution in [3.8, 4) is 11.4 Å². The standard InChI is InChI=1S/C15H14FN3O/c1-9-3-5-11-13(7-9)19(15(17)18-11)12-6-4-10(16)8-14(12)20-2/h3-8H,1-2H3,(H2,17,18). The first-order valence-corrected chi connectivity index (χ1v) is 6.18. The van der Waals surface area contributed by atoms with Gasteiger partial charge in [0.2, 0.25) is 5.95 Å². The smallest absolute Gasteiger partial charge is 0.206 e. The Hall–Kier alpha value is -2.56. The van der Waals surface area contributed by atoms with Crippen LogP contribution in [0.4, 0.5) is 10.3 Å². The summed E-state index contributed by atoms with van der Waals surface area (Å²) >= 11 is 0. The molecule has 0 saturated carbocycles. The molecule has 0 unspecified atom stereocenters. The molecule has 0 spiro atoms. The van der Waals surface area contributed by atoms with Gasteiger partial charge in [0, 0.05) is 6.07 Å². The van der Waals surface area contributed by atoms with Gasteiger partial charge in [-0.2, -0.15) is 0 Å². The number of anilines is 1. The highest BCUT2D eigenvalue weighted by Gasteiger charge is 2.14. The van der Waals surface area contributed by atoms with Crippen LogP contribution in [0.25, 0.3) is 16.7 Å². The Morgan fingerprint density at radius 3 is 2.75 bits per heavy atom. The molecule has 0 radical (unpaired) electrons. The zero-order valence-electron chi connectivity index (χ0n) is 11.2. The molecule has 102 valence electrons. The number of hydrogen-bond donors (Lipinski definition) is 1. The average Bonchev–Trinajstić information content (AvgIpc) is 2.74. The van der Waals surface area contributed by atoms with Crippen LogP contribution in [0.5, 0.6) is 5.75 Å². The Labute approximate surface area is 115 Å². The highest BCUT2D eigenvalue weighted by Crippen LogP contribution is 2.30. The van der Waals surface area contributed by atoms with Crippen LogP contribution in [0.15, 0.2) is 36.4 Å². The number of fused-ring (bicyclic) bond motifs is 1. The van der Waals surface area contributed by atoms with Crippen LogP contribution in [0.1, 0.15) is 5.56 Å². The number of halogens is 1. The summed E-state index contributed by atoms with van der Waals surface area (Å²) in [6.07, 6.45) is 0. The third-order valence-corrected chi connectivity index (χ3v) is 3.22. The molecule has 3 rings (SSSR count). The van der Waals surface area contributed by atoms with E-state index in [2.05, 4.69) is 4.98 Å². The van der Waals surface area contributed by atoms with Crippen molar-refractivity contribution < 1.29 is 9.13 Å². The molecule has 0 aliphatic heterocycles. The number of nitrogens with two attached hydrogens (primary N) is 1. The lowest BCUT2D eigenvalue weighted by Crippen LogP contribution is -2.03. The summed E-state index contributed by atoms with van der Waals surface area (Å²) in [6, 6.07) is 10.2. The van der Waals surface area contributed by atoms with E-state index in [-0.39, 0.29) is 5.82 Å². The molecule has 0 atom stereocenters. The van der Waals surface area contributed by atoms with Gasteiger partial charge >= 0.3 is 0 Å².